The van der Waals surface area contributed by atoms with Gasteiger partial charge in [0.2, 0.25) is 11.8 Å². The van der Waals surface area contributed by atoms with Gasteiger partial charge in [-0.25, -0.2) is 0 Å². The lowest BCUT2D eigenvalue weighted by Crippen LogP contribution is -2.48. The van der Waals surface area contributed by atoms with Gasteiger partial charge in [-0.05, 0) is 104 Å². The van der Waals surface area contributed by atoms with Crippen LogP contribution in [0.5, 0.6) is 5.75 Å². The summed E-state index contributed by atoms with van der Waals surface area (Å²) in [5, 5.41) is 15.4. The first-order valence-corrected chi connectivity index (χ1v) is 17.4. The van der Waals surface area contributed by atoms with Crippen LogP contribution in [-0.4, -0.2) is 53.9 Å². The number of aliphatic carboxylic acids is 1. The summed E-state index contributed by atoms with van der Waals surface area (Å²) >= 11 is 0. The van der Waals surface area contributed by atoms with E-state index in [2.05, 4.69) is 40.5 Å². The zero-order valence-electron chi connectivity index (χ0n) is 29.8. The molecule has 0 aliphatic heterocycles. The van der Waals surface area contributed by atoms with Crippen LogP contribution in [0.1, 0.15) is 73.3 Å². The maximum Gasteiger partial charge on any atom is 0.305 e. The van der Waals surface area contributed by atoms with Crippen LogP contribution in [0, 0.1) is 19.8 Å². The molecule has 3 rings (SSSR count). The Bertz CT molecular complexity index is 1680. The number of nitrogens with zero attached hydrogens (tertiary/aromatic N) is 3. The molecule has 3 atom stereocenters. The molecule has 3 aromatic rings. The van der Waals surface area contributed by atoms with Gasteiger partial charge in [0.1, 0.15) is 11.8 Å². The zero-order valence-corrected chi connectivity index (χ0v) is 29.8. The predicted molar refractivity (Wildman–Crippen MR) is 197 cm³/mol. The molecule has 0 fully saturated rings. The third-order valence-electron chi connectivity index (χ3n) is 8.72. The fraction of sp³-hybridized carbons (Fsp3) is 0.436. The number of ketones is 1. The molecular weight excluding hydrogens is 648 g/mol. The van der Waals surface area contributed by atoms with E-state index in [0.29, 0.717) is 32.4 Å². The molecule has 12 nitrogen and oxygen atoms in total. The van der Waals surface area contributed by atoms with Crippen LogP contribution >= 0.6 is 0 Å². The molecule has 0 aliphatic carbocycles. The second-order valence-electron chi connectivity index (χ2n) is 13.0. The van der Waals surface area contributed by atoms with Crippen molar-refractivity contribution < 1.29 is 29.0 Å². The highest BCUT2D eigenvalue weighted by atomic mass is 16.5. The van der Waals surface area contributed by atoms with E-state index in [9.17, 15) is 19.2 Å². The number of nitrogens with one attached hydrogen (secondary N) is 1. The summed E-state index contributed by atoms with van der Waals surface area (Å²) in [5.74, 6) is -3.10. The molecule has 0 aliphatic rings. The van der Waals surface area contributed by atoms with E-state index in [0.717, 1.165) is 64.0 Å². The Morgan fingerprint density at radius 2 is 1.65 bits per heavy atom. The van der Waals surface area contributed by atoms with Crippen LogP contribution in [0.4, 0.5) is 0 Å². The minimum absolute atomic E-state index is 0.165. The van der Waals surface area contributed by atoms with Crippen molar-refractivity contribution in [3.05, 3.63) is 98.9 Å². The van der Waals surface area contributed by atoms with Crippen molar-refractivity contribution in [1.29, 1.82) is 0 Å². The van der Waals surface area contributed by atoms with Crippen molar-refractivity contribution in [3.8, 4) is 16.9 Å². The summed E-state index contributed by atoms with van der Waals surface area (Å²) in [6, 6.07) is 17.7. The molecule has 272 valence electrons. The number of carbonyl (C=O) groups is 4. The van der Waals surface area contributed by atoms with Crippen LogP contribution in [0.2, 0.25) is 0 Å². The van der Waals surface area contributed by atoms with E-state index in [1.165, 1.54) is 0 Å². The number of azide groups is 1. The van der Waals surface area contributed by atoms with E-state index in [1.807, 2.05) is 56.3 Å². The average molecular weight is 699 g/mol. The second-order valence-corrected chi connectivity index (χ2v) is 13.0. The molecule has 6 N–H and O–H groups in total. The molecule has 2 amide bonds. The summed E-state index contributed by atoms with van der Waals surface area (Å²) in [6.45, 7) is 7.07. The van der Waals surface area contributed by atoms with Crippen molar-refractivity contribution in [2.45, 2.75) is 90.6 Å². The molecule has 0 saturated heterocycles. The van der Waals surface area contributed by atoms with Crippen LogP contribution in [-0.2, 0) is 38.4 Å². The van der Waals surface area contributed by atoms with Crippen molar-refractivity contribution in [2.75, 3.05) is 13.2 Å². The smallest absolute Gasteiger partial charge is 0.305 e. The van der Waals surface area contributed by atoms with Crippen LogP contribution in [0.15, 0.2) is 65.8 Å². The highest BCUT2D eigenvalue weighted by Crippen LogP contribution is 2.29. The Balaban J connectivity index is 1.73. The number of aryl methyl sites for hydroxylation is 4. The van der Waals surface area contributed by atoms with Gasteiger partial charge >= 0.3 is 5.97 Å². The van der Waals surface area contributed by atoms with Gasteiger partial charge in [0.25, 0.3) is 0 Å². The van der Waals surface area contributed by atoms with Crippen LogP contribution < -0.4 is 21.5 Å². The van der Waals surface area contributed by atoms with Gasteiger partial charge in [0.15, 0.2) is 5.78 Å². The fourth-order valence-corrected chi connectivity index (χ4v) is 6.11. The molecule has 0 saturated carbocycles. The average Bonchev–Trinajstić information content (AvgIpc) is 3.08. The van der Waals surface area contributed by atoms with E-state index in [-0.39, 0.29) is 12.8 Å². The molecule has 3 aromatic carbocycles. The highest BCUT2D eigenvalue weighted by molar-refractivity contribution is 5.93. The Hall–Kier alpha value is -5.19. The summed E-state index contributed by atoms with van der Waals surface area (Å²) in [6.07, 6.45) is 3.26. The van der Waals surface area contributed by atoms with Gasteiger partial charge in [-0.3, -0.25) is 19.2 Å². The number of rotatable bonds is 22. The minimum atomic E-state index is -1.26. The molecule has 51 heavy (non-hydrogen) atoms. The molecule has 0 unspecified atom stereocenters. The number of carboxylic acid groups (broad SMARTS) is 1. The molecule has 0 aromatic heterocycles. The minimum Gasteiger partial charge on any atom is -0.494 e. The van der Waals surface area contributed by atoms with Gasteiger partial charge in [-0.2, -0.15) is 0 Å². The predicted octanol–water partition coefficient (Wildman–Crippen LogP) is 5.92. The fourth-order valence-electron chi connectivity index (χ4n) is 6.11. The Labute approximate surface area is 299 Å². The van der Waals surface area contributed by atoms with Gasteiger partial charge in [0.05, 0.1) is 19.1 Å². The quantitative estimate of drug-likeness (QED) is 0.0430. The number of carboxylic acids is 1. The lowest BCUT2D eigenvalue weighted by Gasteiger charge is -2.22. The summed E-state index contributed by atoms with van der Waals surface area (Å²) in [5.41, 5.74) is 27.3. The largest absolute Gasteiger partial charge is 0.494 e. The first kappa shape index (κ1) is 40.2. The highest BCUT2D eigenvalue weighted by Gasteiger charge is 2.29. The molecule has 12 heteroatoms. The standard InChI is InChI=1S/C39H50N6O6/c1-4-29-22-32(51-17-6-5-16-43-45-42)14-15-33(29)30-12-10-27(11-13-30)21-31(23-36(46)34(40)24-37(47)48)39(50)44-35(38(41)49)9-7-8-28-19-25(2)18-26(3)20-28/h10-15,18-20,22,31,34-35H,4-9,16-17,21,23-24,40H2,1-3H3,(H2,41,49)(H,44,50)(H,47,48)/t31-,34+,35+/m1/s1. The van der Waals surface area contributed by atoms with Crippen molar-refractivity contribution in [2.24, 2.45) is 22.5 Å². The summed E-state index contributed by atoms with van der Waals surface area (Å²) in [7, 11) is 0. The van der Waals surface area contributed by atoms with Gasteiger partial charge in [-0.1, -0.05) is 71.7 Å². The normalized spacial score (nSPS) is 12.6. The number of ether oxygens (including phenoxy) is 1. The number of hydrogen-bond donors (Lipinski definition) is 4. The van der Waals surface area contributed by atoms with Crippen molar-refractivity contribution >= 4 is 23.6 Å². The second kappa shape index (κ2) is 20.5. The molecular formula is C39H50N6O6. The lowest BCUT2D eigenvalue weighted by atomic mass is 9.89. The maximum atomic E-state index is 13.7. The SMILES string of the molecule is CCc1cc(OCCCCN=[N+]=[N-])ccc1-c1ccc(C[C@H](CC(=O)[C@@H](N)CC(=O)O)C(=O)N[C@@H](CCCc2cc(C)cc(C)c2)C(N)=O)cc1. The maximum absolute atomic E-state index is 13.7. The zero-order chi connectivity index (χ0) is 37.3. The molecule has 0 bridgehead atoms. The van der Waals surface area contributed by atoms with E-state index >= 15 is 0 Å². The number of hydrogen-bond acceptors (Lipinski definition) is 7. The molecule has 0 spiro atoms. The van der Waals surface area contributed by atoms with Crippen molar-refractivity contribution in [3.63, 3.8) is 0 Å². The topological polar surface area (TPSA) is 211 Å². The number of nitrogens with two attached hydrogens (primary N) is 2. The lowest BCUT2D eigenvalue weighted by molar-refractivity contribution is -0.139. The van der Waals surface area contributed by atoms with Gasteiger partial charge in [-0.15, -0.1) is 0 Å². The Morgan fingerprint density at radius 1 is 0.941 bits per heavy atom. The van der Waals surface area contributed by atoms with E-state index in [1.54, 1.807) is 0 Å². The summed E-state index contributed by atoms with van der Waals surface area (Å²) in [4.78, 5) is 53.0. The number of benzene rings is 3. The number of Topliss-reactive ketones (excluding diaryl/α,β-unsaturated/α-hetero) is 1. The monoisotopic (exact) mass is 698 g/mol. The van der Waals surface area contributed by atoms with Gasteiger partial charge in [0, 0.05) is 23.8 Å². The third-order valence-corrected chi connectivity index (χ3v) is 8.72. The first-order valence-electron chi connectivity index (χ1n) is 17.4. The first-order chi connectivity index (χ1) is 24.4. The van der Waals surface area contributed by atoms with Crippen LogP contribution in [0.3, 0.4) is 0 Å². The number of primary amides is 1. The van der Waals surface area contributed by atoms with E-state index < -0.39 is 48.0 Å². The Morgan fingerprint density at radius 3 is 2.27 bits per heavy atom. The summed E-state index contributed by atoms with van der Waals surface area (Å²) < 4.78 is 5.90. The van der Waals surface area contributed by atoms with Crippen LogP contribution in [0.25, 0.3) is 21.6 Å². The van der Waals surface area contributed by atoms with E-state index in [4.69, 9.17) is 26.8 Å². The number of carbonyl (C=O) groups excluding carboxylic acids is 3. The number of unbranched alkanes of at least 4 members (excludes halogenated alkanes) is 1. The van der Waals surface area contributed by atoms with Gasteiger partial charge < -0.3 is 26.6 Å². The Kier molecular flexibility index (Phi) is 16.2. The third kappa shape index (κ3) is 13.6. The van der Waals surface area contributed by atoms with Crippen molar-refractivity contribution in [1.82, 2.24) is 5.32 Å². The molecule has 0 radical (unpaired) electrons. The molecule has 0 heterocycles. The number of amides is 2.